The third kappa shape index (κ3) is 2.07. The van der Waals surface area contributed by atoms with E-state index in [4.69, 9.17) is 16.3 Å². The standard InChI is InChI=1S/C17H13ClN4O2/c1-21-9-12-11-6-15(24-2)13(18)7-14(11)22(17(23)16(12)20-21)10-4-3-5-19-8-10/h3-9H,1-2H3. The van der Waals surface area contributed by atoms with Crippen LogP contribution in [0.4, 0.5) is 0 Å². The average Bonchev–Trinajstić information content (AvgIpc) is 2.98. The second kappa shape index (κ2) is 5.35. The van der Waals surface area contributed by atoms with E-state index in [2.05, 4.69) is 10.1 Å². The van der Waals surface area contributed by atoms with Gasteiger partial charge in [-0.25, -0.2) is 0 Å². The molecule has 0 aliphatic heterocycles. The molecular formula is C17H13ClN4O2. The number of aromatic nitrogens is 4. The summed E-state index contributed by atoms with van der Waals surface area (Å²) in [7, 11) is 3.34. The molecule has 1 aromatic carbocycles. The van der Waals surface area contributed by atoms with Crippen LogP contribution in [0, 0.1) is 0 Å². The van der Waals surface area contributed by atoms with Gasteiger partial charge in [-0.3, -0.25) is 19.0 Å². The van der Waals surface area contributed by atoms with E-state index in [-0.39, 0.29) is 5.56 Å². The minimum absolute atomic E-state index is 0.215. The highest BCUT2D eigenvalue weighted by Gasteiger charge is 2.17. The van der Waals surface area contributed by atoms with E-state index < -0.39 is 0 Å². The maximum absolute atomic E-state index is 13.0. The van der Waals surface area contributed by atoms with Crippen molar-refractivity contribution in [1.82, 2.24) is 19.3 Å². The molecule has 120 valence electrons. The third-order valence-electron chi connectivity index (χ3n) is 3.94. The summed E-state index contributed by atoms with van der Waals surface area (Å²) in [4.78, 5) is 17.1. The SMILES string of the molecule is COc1cc2c3cn(C)nc3c(=O)n(-c3cccnc3)c2cc1Cl. The molecule has 3 heterocycles. The van der Waals surface area contributed by atoms with Crippen molar-refractivity contribution in [3.05, 3.63) is 58.2 Å². The van der Waals surface area contributed by atoms with Crippen LogP contribution in [0.1, 0.15) is 0 Å². The summed E-state index contributed by atoms with van der Waals surface area (Å²) in [5.41, 5.74) is 1.51. The number of hydrogen-bond donors (Lipinski definition) is 0. The fraction of sp³-hybridized carbons (Fsp3) is 0.118. The smallest absolute Gasteiger partial charge is 0.284 e. The van der Waals surface area contributed by atoms with Gasteiger partial charge >= 0.3 is 0 Å². The van der Waals surface area contributed by atoms with Gasteiger partial charge in [0.1, 0.15) is 5.75 Å². The van der Waals surface area contributed by atoms with E-state index in [1.165, 1.54) is 0 Å². The van der Waals surface area contributed by atoms with Gasteiger partial charge in [-0.1, -0.05) is 11.6 Å². The molecule has 24 heavy (non-hydrogen) atoms. The van der Waals surface area contributed by atoms with Crippen molar-refractivity contribution in [2.45, 2.75) is 0 Å². The highest BCUT2D eigenvalue weighted by molar-refractivity contribution is 6.33. The quantitative estimate of drug-likeness (QED) is 0.563. The van der Waals surface area contributed by atoms with Crippen molar-refractivity contribution in [3.63, 3.8) is 0 Å². The van der Waals surface area contributed by atoms with E-state index in [0.29, 0.717) is 27.5 Å². The minimum Gasteiger partial charge on any atom is -0.495 e. The van der Waals surface area contributed by atoms with E-state index in [1.54, 1.807) is 47.9 Å². The first-order valence-electron chi connectivity index (χ1n) is 7.26. The van der Waals surface area contributed by atoms with Crippen molar-refractivity contribution >= 4 is 33.4 Å². The van der Waals surface area contributed by atoms with Crippen molar-refractivity contribution < 1.29 is 4.74 Å². The number of methoxy groups -OCH3 is 1. The summed E-state index contributed by atoms with van der Waals surface area (Å²) in [6.45, 7) is 0. The Morgan fingerprint density at radius 1 is 1.25 bits per heavy atom. The molecule has 0 N–H and O–H groups in total. The van der Waals surface area contributed by atoms with Crippen LogP contribution in [-0.2, 0) is 7.05 Å². The van der Waals surface area contributed by atoms with Gasteiger partial charge in [0.25, 0.3) is 5.56 Å². The minimum atomic E-state index is -0.215. The zero-order valence-corrected chi connectivity index (χ0v) is 13.8. The van der Waals surface area contributed by atoms with Gasteiger partial charge < -0.3 is 4.74 Å². The van der Waals surface area contributed by atoms with Crippen molar-refractivity contribution in [2.75, 3.05) is 7.11 Å². The van der Waals surface area contributed by atoms with Gasteiger partial charge in [-0.05, 0) is 24.3 Å². The summed E-state index contributed by atoms with van der Waals surface area (Å²) < 4.78 is 8.52. The van der Waals surface area contributed by atoms with Crippen molar-refractivity contribution in [1.29, 1.82) is 0 Å². The number of hydrogen-bond acceptors (Lipinski definition) is 4. The molecule has 3 aromatic heterocycles. The zero-order chi connectivity index (χ0) is 16.8. The molecule has 0 saturated heterocycles. The Morgan fingerprint density at radius 2 is 2.08 bits per heavy atom. The normalized spacial score (nSPS) is 11.3. The number of fused-ring (bicyclic) bond motifs is 3. The molecule has 4 rings (SSSR count). The Hall–Kier alpha value is -2.86. The van der Waals surface area contributed by atoms with Crippen LogP contribution in [0.25, 0.3) is 27.5 Å². The number of benzene rings is 1. The fourth-order valence-electron chi connectivity index (χ4n) is 2.90. The highest BCUT2D eigenvalue weighted by Crippen LogP contribution is 2.33. The number of aryl methyl sites for hydroxylation is 1. The van der Waals surface area contributed by atoms with Gasteiger partial charge in [-0.2, -0.15) is 5.10 Å². The molecule has 0 radical (unpaired) electrons. The Balaban J connectivity index is 2.27. The molecule has 0 bridgehead atoms. The van der Waals surface area contributed by atoms with Gasteiger partial charge in [0.2, 0.25) is 0 Å². The van der Waals surface area contributed by atoms with Crippen LogP contribution < -0.4 is 10.3 Å². The maximum Gasteiger partial charge on any atom is 0.284 e. The number of nitrogens with zero attached hydrogens (tertiary/aromatic N) is 4. The van der Waals surface area contributed by atoms with Crippen LogP contribution in [0.3, 0.4) is 0 Å². The first-order valence-corrected chi connectivity index (χ1v) is 7.64. The van der Waals surface area contributed by atoms with E-state index in [9.17, 15) is 4.79 Å². The lowest BCUT2D eigenvalue weighted by molar-refractivity contribution is 0.415. The van der Waals surface area contributed by atoms with Crippen LogP contribution >= 0.6 is 11.6 Å². The molecule has 0 aliphatic carbocycles. The van der Waals surface area contributed by atoms with Crippen LogP contribution in [0.5, 0.6) is 5.75 Å². The molecule has 0 atom stereocenters. The lowest BCUT2D eigenvalue weighted by atomic mass is 10.1. The zero-order valence-electron chi connectivity index (χ0n) is 13.0. The third-order valence-corrected chi connectivity index (χ3v) is 4.24. The van der Waals surface area contributed by atoms with E-state index in [1.807, 2.05) is 18.3 Å². The largest absolute Gasteiger partial charge is 0.495 e. The van der Waals surface area contributed by atoms with Crippen molar-refractivity contribution in [3.8, 4) is 11.4 Å². The lowest BCUT2D eigenvalue weighted by Gasteiger charge is -2.12. The summed E-state index contributed by atoms with van der Waals surface area (Å²) in [5.74, 6) is 0.547. The monoisotopic (exact) mass is 340 g/mol. The molecular weight excluding hydrogens is 328 g/mol. The molecule has 0 saturated carbocycles. The van der Waals surface area contributed by atoms with Crippen molar-refractivity contribution in [2.24, 2.45) is 7.05 Å². The Bertz CT molecular complexity index is 1130. The number of ether oxygens (including phenoxy) is 1. The Morgan fingerprint density at radius 3 is 2.79 bits per heavy atom. The Kier molecular flexibility index (Phi) is 3.28. The molecule has 4 aromatic rings. The number of rotatable bonds is 2. The fourth-order valence-corrected chi connectivity index (χ4v) is 3.14. The van der Waals surface area contributed by atoms with E-state index in [0.717, 1.165) is 10.8 Å². The molecule has 0 amide bonds. The number of pyridine rings is 2. The summed E-state index contributed by atoms with van der Waals surface area (Å²) in [6.07, 6.45) is 5.11. The molecule has 6 nitrogen and oxygen atoms in total. The van der Waals surface area contributed by atoms with Gasteiger partial charge in [-0.15, -0.1) is 0 Å². The van der Waals surface area contributed by atoms with Gasteiger partial charge in [0.15, 0.2) is 5.52 Å². The summed E-state index contributed by atoms with van der Waals surface area (Å²) in [5, 5.41) is 6.34. The first kappa shape index (κ1) is 14.7. The van der Waals surface area contributed by atoms with Crippen LogP contribution in [0.15, 0.2) is 47.7 Å². The topological polar surface area (TPSA) is 61.9 Å². The predicted molar refractivity (Wildman–Crippen MR) is 93.2 cm³/mol. The molecule has 0 fully saturated rings. The molecule has 0 unspecified atom stereocenters. The lowest BCUT2D eigenvalue weighted by Crippen LogP contribution is -2.19. The number of halogens is 1. The second-order valence-electron chi connectivity index (χ2n) is 5.42. The average molecular weight is 341 g/mol. The predicted octanol–water partition coefficient (Wildman–Crippen LogP) is 2.93. The second-order valence-corrected chi connectivity index (χ2v) is 5.83. The van der Waals surface area contributed by atoms with E-state index >= 15 is 0 Å². The van der Waals surface area contributed by atoms with Gasteiger partial charge in [0, 0.05) is 30.2 Å². The van der Waals surface area contributed by atoms with Gasteiger partial charge in [0.05, 0.1) is 29.5 Å². The maximum atomic E-state index is 13.0. The Labute approximate surface area is 141 Å². The van der Waals surface area contributed by atoms with Crippen LogP contribution in [0.2, 0.25) is 5.02 Å². The molecule has 7 heteroatoms. The summed E-state index contributed by atoms with van der Waals surface area (Å²) >= 11 is 6.29. The van der Waals surface area contributed by atoms with Crippen LogP contribution in [-0.4, -0.2) is 26.4 Å². The summed E-state index contributed by atoms with van der Waals surface area (Å²) in [6, 6.07) is 7.16. The molecule has 0 spiro atoms. The highest BCUT2D eigenvalue weighted by atomic mass is 35.5. The molecule has 0 aliphatic rings. The first-order chi connectivity index (χ1) is 11.6.